The molecule has 0 fully saturated rings. The molecular formula is C11H14ClNO. The number of halogens is 1. The molecule has 1 rings (SSSR count). The van der Waals surface area contributed by atoms with E-state index in [0.717, 1.165) is 19.1 Å². The molecule has 2 unspecified atom stereocenters. The summed E-state index contributed by atoms with van der Waals surface area (Å²) >= 11 is 6.06. The molecule has 0 bridgehead atoms. The van der Waals surface area contributed by atoms with Crippen molar-refractivity contribution < 1.29 is 4.79 Å². The molecule has 0 saturated carbocycles. The summed E-state index contributed by atoms with van der Waals surface area (Å²) in [5.41, 5.74) is -0.574. The largest absolute Gasteiger partial charge is 0.302 e. The van der Waals surface area contributed by atoms with E-state index in [4.69, 9.17) is 16.9 Å². The standard InChI is InChI=1S/C11H14ClNO/c1-9-3-4-10(12)11(7-9,8-14)5-2-6-13/h4,8-9H,2-3,5,7H2,1H3. The Morgan fingerprint density at radius 3 is 3.14 bits per heavy atom. The van der Waals surface area contributed by atoms with E-state index in [1.807, 2.05) is 6.08 Å². The maximum Gasteiger partial charge on any atom is 0.131 e. The van der Waals surface area contributed by atoms with Crippen molar-refractivity contribution in [3.8, 4) is 6.07 Å². The highest BCUT2D eigenvalue weighted by Gasteiger charge is 2.36. The van der Waals surface area contributed by atoms with Crippen molar-refractivity contribution in [1.82, 2.24) is 0 Å². The van der Waals surface area contributed by atoms with Crippen molar-refractivity contribution in [1.29, 1.82) is 5.26 Å². The van der Waals surface area contributed by atoms with Gasteiger partial charge in [0.1, 0.15) is 6.29 Å². The zero-order valence-electron chi connectivity index (χ0n) is 8.29. The van der Waals surface area contributed by atoms with Gasteiger partial charge in [0.15, 0.2) is 0 Å². The number of aldehydes is 1. The molecule has 1 aliphatic carbocycles. The third kappa shape index (κ3) is 2.16. The van der Waals surface area contributed by atoms with Crippen LogP contribution in [0.5, 0.6) is 0 Å². The second-order valence-electron chi connectivity index (χ2n) is 4.03. The van der Waals surface area contributed by atoms with Gasteiger partial charge >= 0.3 is 0 Å². The molecule has 0 aromatic heterocycles. The summed E-state index contributed by atoms with van der Waals surface area (Å²) in [6, 6.07) is 2.06. The third-order valence-electron chi connectivity index (χ3n) is 2.80. The molecule has 2 nitrogen and oxygen atoms in total. The van der Waals surface area contributed by atoms with Crippen LogP contribution < -0.4 is 0 Å². The lowest BCUT2D eigenvalue weighted by Gasteiger charge is -2.33. The molecule has 0 radical (unpaired) electrons. The highest BCUT2D eigenvalue weighted by Crippen LogP contribution is 2.43. The van der Waals surface area contributed by atoms with Crippen LogP contribution in [0.15, 0.2) is 11.1 Å². The third-order valence-corrected chi connectivity index (χ3v) is 3.33. The molecule has 0 spiro atoms. The van der Waals surface area contributed by atoms with E-state index in [1.54, 1.807) is 0 Å². The Bertz CT molecular complexity index is 292. The highest BCUT2D eigenvalue weighted by molar-refractivity contribution is 6.31. The Labute approximate surface area is 89.6 Å². The molecule has 3 heteroatoms. The van der Waals surface area contributed by atoms with Crippen molar-refractivity contribution >= 4 is 17.9 Å². The van der Waals surface area contributed by atoms with Crippen LogP contribution in [0.3, 0.4) is 0 Å². The minimum Gasteiger partial charge on any atom is -0.302 e. The number of nitriles is 1. The Balaban J connectivity index is 2.86. The van der Waals surface area contributed by atoms with Gasteiger partial charge in [-0.3, -0.25) is 0 Å². The molecule has 14 heavy (non-hydrogen) atoms. The van der Waals surface area contributed by atoms with Gasteiger partial charge in [0.05, 0.1) is 11.5 Å². The SMILES string of the molecule is CC1CC=C(Cl)C(C=O)(CCC#N)C1. The summed E-state index contributed by atoms with van der Waals surface area (Å²) in [6.45, 7) is 2.10. The number of carbonyl (C=O) groups is 1. The maximum atomic E-state index is 11.1. The normalized spacial score (nSPS) is 31.8. The summed E-state index contributed by atoms with van der Waals surface area (Å²) < 4.78 is 0. The summed E-state index contributed by atoms with van der Waals surface area (Å²) in [4.78, 5) is 11.1. The molecule has 0 amide bonds. The monoisotopic (exact) mass is 211 g/mol. The lowest BCUT2D eigenvalue weighted by atomic mass is 9.73. The van der Waals surface area contributed by atoms with Crippen LogP contribution >= 0.6 is 11.6 Å². The zero-order chi connectivity index (χ0) is 10.6. The van der Waals surface area contributed by atoms with Crippen LogP contribution in [0.2, 0.25) is 0 Å². The van der Waals surface area contributed by atoms with Crippen LogP contribution in [0, 0.1) is 22.7 Å². The van der Waals surface area contributed by atoms with Crippen LogP contribution in [0.1, 0.15) is 32.6 Å². The van der Waals surface area contributed by atoms with Gasteiger partial charge < -0.3 is 4.79 Å². The Hall–Kier alpha value is -0.810. The van der Waals surface area contributed by atoms with Gasteiger partial charge in [0.25, 0.3) is 0 Å². The van der Waals surface area contributed by atoms with E-state index in [2.05, 4.69) is 13.0 Å². The minimum atomic E-state index is -0.574. The van der Waals surface area contributed by atoms with Crippen molar-refractivity contribution in [2.24, 2.45) is 11.3 Å². The Morgan fingerprint density at radius 2 is 2.57 bits per heavy atom. The number of carbonyl (C=O) groups excluding carboxylic acids is 1. The van der Waals surface area contributed by atoms with Gasteiger partial charge in [-0.05, 0) is 25.2 Å². The zero-order valence-corrected chi connectivity index (χ0v) is 9.05. The second-order valence-corrected chi connectivity index (χ2v) is 4.44. The fourth-order valence-electron chi connectivity index (χ4n) is 1.97. The predicted molar refractivity (Wildman–Crippen MR) is 55.7 cm³/mol. The summed E-state index contributed by atoms with van der Waals surface area (Å²) in [7, 11) is 0. The van der Waals surface area contributed by atoms with Gasteiger partial charge in [-0.15, -0.1) is 0 Å². The molecule has 0 aliphatic heterocycles. The fraction of sp³-hybridized carbons (Fsp3) is 0.636. The molecule has 0 heterocycles. The van der Waals surface area contributed by atoms with E-state index < -0.39 is 5.41 Å². The van der Waals surface area contributed by atoms with Crippen molar-refractivity contribution in [2.75, 3.05) is 0 Å². The minimum absolute atomic E-state index is 0.384. The molecule has 0 N–H and O–H groups in total. The van der Waals surface area contributed by atoms with Gasteiger partial charge in [0.2, 0.25) is 0 Å². The second kappa shape index (κ2) is 4.61. The smallest absolute Gasteiger partial charge is 0.131 e. The van der Waals surface area contributed by atoms with Crippen molar-refractivity contribution in [3.05, 3.63) is 11.1 Å². The van der Waals surface area contributed by atoms with E-state index in [-0.39, 0.29) is 0 Å². The lowest BCUT2D eigenvalue weighted by molar-refractivity contribution is -0.115. The quantitative estimate of drug-likeness (QED) is 0.674. The number of hydrogen-bond donors (Lipinski definition) is 0. The fourth-order valence-corrected chi connectivity index (χ4v) is 2.28. The first-order valence-corrected chi connectivity index (χ1v) is 5.22. The van der Waals surface area contributed by atoms with Crippen LogP contribution in [-0.4, -0.2) is 6.29 Å². The number of rotatable bonds is 3. The highest BCUT2D eigenvalue weighted by atomic mass is 35.5. The maximum absolute atomic E-state index is 11.1. The van der Waals surface area contributed by atoms with Crippen molar-refractivity contribution in [2.45, 2.75) is 32.6 Å². The summed E-state index contributed by atoms with van der Waals surface area (Å²) in [5, 5.41) is 9.16. The molecule has 0 aromatic carbocycles. The number of hydrogen-bond acceptors (Lipinski definition) is 2. The summed E-state index contributed by atoms with van der Waals surface area (Å²) in [6.07, 6.45) is 5.47. The summed E-state index contributed by atoms with van der Waals surface area (Å²) in [5.74, 6) is 0.474. The molecule has 76 valence electrons. The number of nitrogens with zero attached hydrogens (tertiary/aromatic N) is 1. The van der Waals surface area contributed by atoms with Gasteiger partial charge in [-0.2, -0.15) is 5.26 Å². The van der Waals surface area contributed by atoms with Crippen molar-refractivity contribution in [3.63, 3.8) is 0 Å². The lowest BCUT2D eigenvalue weighted by Crippen LogP contribution is -2.28. The van der Waals surface area contributed by atoms with E-state index in [0.29, 0.717) is 23.8 Å². The predicted octanol–water partition coefficient (Wildman–Crippen LogP) is 3.03. The molecule has 1 aliphatic rings. The van der Waals surface area contributed by atoms with Gasteiger partial charge in [-0.1, -0.05) is 24.6 Å². The molecule has 0 aromatic rings. The Kier molecular flexibility index (Phi) is 3.71. The van der Waals surface area contributed by atoms with E-state index in [1.165, 1.54) is 0 Å². The number of allylic oxidation sites excluding steroid dienone is 2. The van der Waals surface area contributed by atoms with Gasteiger partial charge in [-0.25, -0.2) is 0 Å². The molecule has 0 saturated heterocycles. The van der Waals surface area contributed by atoms with Gasteiger partial charge in [0, 0.05) is 11.5 Å². The van der Waals surface area contributed by atoms with Crippen LogP contribution in [-0.2, 0) is 4.79 Å². The van der Waals surface area contributed by atoms with Crippen LogP contribution in [0.25, 0.3) is 0 Å². The average Bonchev–Trinajstić information content (AvgIpc) is 2.20. The average molecular weight is 212 g/mol. The molecule has 2 atom stereocenters. The first-order chi connectivity index (χ1) is 6.64. The Morgan fingerprint density at radius 1 is 1.86 bits per heavy atom. The van der Waals surface area contributed by atoms with E-state index >= 15 is 0 Å². The first kappa shape index (κ1) is 11.3. The van der Waals surface area contributed by atoms with E-state index in [9.17, 15) is 4.79 Å². The first-order valence-electron chi connectivity index (χ1n) is 4.84. The van der Waals surface area contributed by atoms with Crippen LogP contribution in [0.4, 0.5) is 0 Å². The molecular weight excluding hydrogens is 198 g/mol. The topological polar surface area (TPSA) is 40.9 Å².